The molecule has 1 heterocycles. The van der Waals surface area contributed by atoms with Crippen LogP contribution in [0.25, 0.3) is 0 Å². The van der Waals surface area contributed by atoms with E-state index < -0.39 is 0 Å². The number of nitrogens with zero attached hydrogens (tertiary/aromatic N) is 2. The first-order chi connectivity index (χ1) is 9.54. The van der Waals surface area contributed by atoms with Gasteiger partial charge in [0.2, 0.25) is 0 Å². The summed E-state index contributed by atoms with van der Waals surface area (Å²) >= 11 is 0. The standard InChI is InChI=1S/C15H26N4O/c1-12(2)19(3)9-5-4-7-18-15(20)13-6-8-17-14(10-13)11-16/h6,8,10,12H,4-5,7,9,11,16H2,1-3H3,(H,18,20). The van der Waals surface area contributed by atoms with Crippen LogP contribution in [0.4, 0.5) is 0 Å². The smallest absolute Gasteiger partial charge is 0.251 e. The van der Waals surface area contributed by atoms with Gasteiger partial charge in [0.1, 0.15) is 0 Å². The molecule has 1 rings (SSSR count). The van der Waals surface area contributed by atoms with Crippen LogP contribution in [0, 0.1) is 0 Å². The molecule has 0 saturated carbocycles. The van der Waals surface area contributed by atoms with Crippen LogP contribution in [0.5, 0.6) is 0 Å². The molecule has 20 heavy (non-hydrogen) atoms. The van der Waals surface area contributed by atoms with Gasteiger partial charge < -0.3 is 16.0 Å². The molecule has 0 aliphatic heterocycles. The molecular weight excluding hydrogens is 252 g/mol. The lowest BCUT2D eigenvalue weighted by atomic mass is 10.2. The summed E-state index contributed by atoms with van der Waals surface area (Å²) in [6, 6.07) is 4.01. The number of hydrogen-bond acceptors (Lipinski definition) is 4. The molecule has 1 amide bonds. The highest BCUT2D eigenvalue weighted by atomic mass is 16.1. The molecule has 0 spiro atoms. The Morgan fingerprint density at radius 2 is 2.20 bits per heavy atom. The minimum atomic E-state index is -0.0562. The van der Waals surface area contributed by atoms with Gasteiger partial charge >= 0.3 is 0 Å². The van der Waals surface area contributed by atoms with Crippen molar-refractivity contribution in [1.29, 1.82) is 0 Å². The number of rotatable bonds is 8. The molecular formula is C15H26N4O. The molecule has 0 atom stereocenters. The maximum Gasteiger partial charge on any atom is 0.251 e. The van der Waals surface area contributed by atoms with Crippen LogP contribution >= 0.6 is 0 Å². The van der Waals surface area contributed by atoms with Crippen molar-refractivity contribution in [1.82, 2.24) is 15.2 Å². The quantitative estimate of drug-likeness (QED) is 0.705. The second-order valence-electron chi connectivity index (χ2n) is 5.28. The predicted octanol–water partition coefficient (Wildman–Crippen LogP) is 1.39. The first-order valence-electron chi connectivity index (χ1n) is 7.18. The fourth-order valence-electron chi connectivity index (χ4n) is 1.78. The van der Waals surface area contributed by atoms with E-state index in [2.05, 4.69) is 36.1 Å². The summed E-state index contributed by atoms with van der Waals surface area (Å²) in [5, 5.41) is 2.93. The summed E-state index contributed by atoms with van der Waals surface area (Å²) in [5.41, 5.74) is 6.87. The molecule has 0 unspecified atom stereocenters. The van der Waals surface area contributed by atoms with Crippen LogP contribution in [0.15, 0.2) is 18.3 Å². The summed E-state index contributed by atoms with van der Waals surface area (Å²) < 4.78 is 0. The topological polar surface area (TPSA) is 71.2 Å². The Morgan fingerprint density at radius 1 is 1.45 bits per heavy atom. The molecule has 0 fully saturated rings. The van der Waals surface area contributed by atoms with Gasteiger partial charge in [-0.2, -0.15) is 0 Å². The van der Waals surface area contributed by atoms with Crippen LogP contribution in [0.2, 0.25) is 0 Å². The molecule has 0 aliphatic carbocycles. The van der Waals surface area contributed by atoms with Crippen molar-refractivity contribution < 1.29 is 4.79 Å². The van der Waals surface area contributed by atoms with Gasteiger partial charge in [-0.25, -0.2) is 0 Å². The van der Waals surface area contributed by atoms with Crippen LogP contribution in [-0.2, 0) is 6.54 Å². The van der Waals surface area contributed by atoms with Crippen molar-refractivity contribution >= 4 is 5.91 Å². The van der Waals surface area contributed by atoms with Crippen LogP contribution in [0.1, 0.15) is 42.7 Å². The molecule has 3 N–H and O–H groups in total. The van der Waals surface area contributed by atoms with Gasteiger partial charge in [-0.05, 0) is 52.4 Å². The third-order valence-electron chi connectivity index (χ3n) is 3.39. The van der Waals surface area contributed by atoms with Gasteiger partial charge in [0.05, 0.1) is 5.69 Å². The SMILES string of the molecule is CC(C)N(C)CCCCNC(=O)c1ccnc(CN)c1. The van der Waals surface area contributed by atoms with Gasteiger partial charge in [0.15, 0.2) is 0 Å². The van der Waals surface area contributed by atoms with Gasteiger partial charge in [-0.15, -0.1) is 0 Å². The highest BCUT2D eigenvalue weighted by Gasteiger charge is 2.06. The summed E-state index contributed by atoms with van der Waals surface area (Å²) in [7, 11) is 2.12. The Hall–Kier alpha value is -1.46. The van der Waals surface area contributed by atoms with E-state index in [-0.39, 0.29) is 5.91 Å². The molecule has 0 aliphatic rings. The molecule has 5 nitrogen and oxygen atoms in total. The van der Waals surface area contributed by atoms with Crippen molar-refractivity contribution in [2.24, 2.45) is 5.73 Å². The number of nitrogens with two attached hydrogens (primary N) is 1. The number of aromatic nitrogens is 1. The van der Waals surface area contributed by atoms with Crippen LogP contribution in [-0.4, -0.2) is 42.0 Å². The lowest BCUT2D eigenvalue weighted by Crippen LogP contribution is -2.29. The minimum absolute atomic E-state index is 0.0562. The maximum absolute atomic E-state index is 11.9. The molecule has 0 aromatic carbocycles. The van der Waals surface area contributed by atoms with Gasteiger partial charge in [0.25, 0.3) is 5.91 Å². The average Bonchev–Trinajstić information content (AvgIpc) is 2.46. The van der Waals surface area contributed by atoms with Crippen molar-refractivity contribution in [2.75, 3.05) is 20.1 Å². The fraction of sp³-hybridized carbons (Fsp3) is 0.600. The molecule has 112 valence electrons. The van der Waals surface area contributed by atoms with E-state index in [4.69, 9.17) is 5.73 Å². The molecule has 0 radical (unpaired) electrons. The highest BCUT2D eigenvalue weighted by Crippen LogP contribution is 2.02. The van der Waals surface area contributed by atoms with Gasteiger partial charge in [-0.3, -0.25) is 9.78 Å². The monoisotopic (exact) mass is 278 g/mol. The Morgan fingerprint density at radius 3 is 2.85 bits per heavy atom. The van der Waals surface area contributed by atoms with Gasteiger partial charge in [0, 0.05) is 30.9 Å². The number of hydrogen-bond donors (Lipinski definition) is 2. The average molecular weight is 278 g/mol. The number of amides is 1. The zero-order valence-electron chi connectivity index (χ0n) is 12.7. The van der Waals surface area contributed by atoms with Crippen LogP contribution < -0.4 is 11.1 Å². The largest absolute Gasteiger partial charge is 0.352 e. The fourth-order valence-corrected chi connectivity index (χ4v) is 1.78. The van der Waals surface area contributed by atoms with E-state index >= 15 is 0 Å². The Kier molecular flexibility index (Phi) is 7.18. The maximum atomic E-state index is 11.9. The van der Waals surface area contributed by atoms with Crippen molar-refractivity contribution in [3.05, 3.63) is 29.6 Å². The third-order valence-corrected chi connectivity index (χ3v) is 3.39. The minimum Gasteiger partial charge on any atom is -0.352 e. The number of carbonyl (C=O) groups excluding carboxylic acids is 1. The lowest BCUT2D eigenvalue weighted by molar-refractivity contribution is 0.0952. The predicted molar refractivity (Wildman–Crippen MR) is 81.5 cm³/mol. The Labute approximate surface area is 121 Å². The summed E-state index contributed by atoms with van der Waals surface area (Å²) in [6.45, 7) is 6.47. The van der Waals surface area contributed by atoms with E-state index in [1.54, 1.807) is 18.3 Å². The zero-order chi connectivity index (χ0) is 15.0. The molecule has 5 heteroatoms. The summed E-state index contributed by atoms with van der Waals surface area (Å²) in [4.78, 5) is 18.3. The first kappa shape index (κ1) is 16.6. The van der Waals surface area contributed by atoms with E-state index in [1.807, 2.05) is 0 Å². The molecule has 0 saturated heterocycles. The van der Waals surface area contributed by atoms with E-state index in [9.17, 15) is 4.79 Å². The van der Waals surface area contributed by atoms with Crippen molar-refractivity contribution in [3.63, 3.8) is 0 Å². The number of carbonyl (C=O) groups is 1. The highest BCUT2D eigenvalue weighted by molar-refractivity contribution is 5.94. The first-order valence-corrected chi connectivity index (χ1v) is 7.18. The second kappa shape index (κ2) is 8.66. The van der Waals surface area contributed by atoms with Crippen LogP contribution in [0.3, 0.4) is 0 Å². The number of unbranched alkanes of at least 4 members (excludes halogenated alkanes) is 1. The molecule has 1 aromatic rings. The summed E-state index contributed by atoms with van der Waals surface area (Å²) in [6.07, 6.45) is 3.69. The van der Waals surface area contributed by atoms with Crippen molar-refractivity contribution in [3.8, 4) is 0 Å². The second-order valence-corrected chi connectivity index (χ2v) is 5.28. The number of nitrogens with one attached hydrogen (secondary N) is 1. The summed E-state index contributed by atoms with van der Waals surface area (Å²) in [5.74, 6) is -0.0562. The molecule has 0 bridgehead atoms. The molecule has 1 aromatic heterocycles. The van der Waals surface area contributed by atoms with Crippen molar-refractivity contribution in [2.45, 2.75) is 39.3 Å². The normalized spacial score (nSPS) is 11.1. The van der Waals surface area contributed by atoms with E-state index in [1.165, 1.54) is 0 Å². The van der Waals surface area contributed by atoms with Gasteiger partial charge in [-0.1, -0.05) is 0 Å². The Bertz CT molecular complexity index is 420. The Balaban J connectivity index is 2.26. The van der Waals surface area contributed by atoms with E-state index in [0.717, 1.165) is 25.1 Å². The lowest BCUT2D eigenvalue weighted by Gasteiger charge is -2.20. The third kappa shape index (κ3) is 5.67. The van der Waals surface area contributed by atoms with E-state index in [0.29, 0.717) is 24.7 Å². The zero-order valence-corrected chi connectivity index (χ0v) is 12.7. The number of pyridine rings is 1.